The maximum Gasteiger partial charge on any atom is 0.251 e. The first-order valence-electron chi connectivity index (χ1n) is 13.2. The Kier molecular flexibility index (Phi) is 9.31. The van der Waals surface area contributed by atoms with Crippen LogP contribution in [0, 0.1) is 13.8 Å². The van der Waals surface area contributed by atoms with Crippen LogP contribution in [0.3, 0.4) is 0 Å². The maximum absolute atomic E-state index is 12.8. The Labute approximate surface area is 229 Å². The fraction of sp³-hybridized carbons (Fsp3) is 0.355. The van der Waals surface area contributed by atoms with Gasteiger partial charge >= 0.3 is 0 Å². The smallest absolute Gasteiger partial charge is 0.251 e. The van der Waals surface area contributed by atoms with Crippen LogP contribution in [0.2, 0.25) is 0 Å². The number of nitrogens with one attached hydrogen (secondary N) is 1. The number of imidazole rings is 1. The van der Waals surface area contributed by atoms with Crippen molar-refractivity contribution >= 4 is 16.9 Å². The molecule has 1 aromatic heterocycles. The van der Waals surface area contributed by atoms with E-state index in [0.717, 1.165) is 48.4 Å². The number of rotatable bonds is 13. The summed E-state index contributed by atoms with van der Waals surface area (Å²) in [5.41, 5.74) is 5.02. The highest BCUT2D eigenvalue weighted by Crippen LogP contribution is 2.38. The van der Waals surface area contributed by atoms with Crippen LogP contribution in [0.4, 0.5) is 0 Å². The van der Waals surface area contributed by atoms with E-state index in [1.165, 1.54) is 32.5 Å². The summed E-state index contributed by atoms with van der Waals surface area (Å²) in [5, 5.41) is 2.99. The Morgan fingerprint density at radius 3 is 2.33 bits per heavy atom. The molecule has 0 bridgehead atoms. The molecule has 0 spiro atoms. The lowest BCUT2D eigenvalue weighted by Crippen LogP contribution is -2.25. The summed E-state index contributed by atoms with van der Waals surface area (Å²) in [4.78, 5) is 17.7. The molecule has 206 valence electrons. The first kappa shape index (κ1) is 27.8. The predicted molar refractivity (Wildman–Crippen MR) is 153 cm³/mol. The van der Waals surface area contributed by atoms with E-state index in [1.807, 2.05) is 24.3 Å². The third kappa shape index (κ3) is 6.63. The number of methoxy groups -OCH3 is 3. The molecule has 0 aliphatic rings. The van der Waals surface area contributed by atoms with Crippen LogP contribution < -0.4 is 24.3 Å². The highest BCUT2D eigenvalue weighted by Gasteiger charge is 2.17. The van der Waals surface area contributed by atoms with Gasteiger partial charge in [-0.15, -0.1) is 0 Å². The first-order chi connectivity index (χ1) is 18.9. The Morgan fingerprint density at radius 2 is 1.64 bits per heavy atom. The molecule has 0 saturated carbocycles. The molecule has 1 heterocycles. The van der Waals surface area contributed by atoms with E-state index in [0.29, 0.717) is 36.0 Å². The summed E-state index contributed by atoms with van der Waals surface area (Å²) >= 11 is 0. The van der Waals surface area contributed by atoms with Crippen molar-refractivity contribution in [1.29, 1.82) is 0 Å². The van der Waals surface area contributed by atoms with Gasteiger partial charge in [-0.25, -0.2) is 4.98 Å². The molecule has 3 aromatic carbocycles. The largest absolute Gasteiger partial charge is 0.494 e. The summed E-state index contributed by atoms with van der Waals surface area (Å²) < 4.78 is 24.3. The van der Waals surface area contributed by atoms with Gasteiger partial charge in [-0.2, -0.15) is 0 Å². The number of nitrogens with zero attached hydrogens (tertiary/aromatic N) is 2. The number of aryl methyl sites for hydroxylation is 4. The molecule has 1 amide bonds. The molecule has 4 aromatic rings. The predicted octanol–water partition coefficient (Wildman–Crippen LogP) is 5.51. The van der Waals surface area contributed by atoms with Crippen molar-refractivity contribution in [3.63, 3.8) is 0 Å². The van der Waals surface area contributed by atoms with E-state index in [1.54, 1.807) is 12.1 Å². The zero-order valence-corrected chi connectivity index (χ0v) is 23.4. The Bertz CT molecular complexity index is 1400. The van der Waals surface area contributed by atoms with Crippen LogP contribution in [-0.4, -0.2) is 49.9 Å². The normalized spacial score (nSPS) is 10.9. The van der Waals surface area contributed by atoms with E-state index in [9.17, 15) is 4.79 Å². The highest BCUT2D eigenvalue weighted by molar-refractivity contribution is 5.95. The molecule has 0 fully saturated rings. The van der Waals surface area contributed by atoms with Crippen LogP contribution in [0.15, 0.2) is 54.6 Å². The minimum Gasteiger partial charge on any atom is -0.494 e. The number of para-hydroxylation sites is 2. The van der Waals surface area contributed by atoms with E-state index < -0.39 is 0 Å². The van der Waals surface area contributed by atoms with Crippen LogP contribution in [-0.2, 0) is 13.0 Å². The minimum atomic E-state index is -0.203. The lowest BCUT2D eigenvalue weighted by Gasteiger charge is -2.14. The minimum absolute atomic E-state index is 0.203. The number of carbonyl (C=O) groups excluding carboxylic acids is 1. The number of carbonyl (C=O) groups is 1. The number of hydrogen-bond donors (Lipinski definition) is 1. The lowest BCUT2D eigenvalue weighted by molar-refractivity contribution is 0.0952. The van der Waals surface area contributed by atoms with E-state index in [4.69, 9.17) is 23.9 Å². The molecule has 8 nitrogen and oxygen atoms in total. The van der Waals surface area contributed by atoms with Crippen molar-refractivity contribution in [3.8, 4) is 23.0 Å². The molecule has 0 aliphatic heterocycles. The van der Waals surface area contributed by atoms with Gasteiger partial charge in [-0.05, 0) is 74.2 Å². The van der Waals surface area contributed by atoms with Crippen molar-refractivity contribution in [3.05, 3.63) is 77.1 Å². The molecule has 4 rings (SSSR count). The van der Waals surface area contributed by atoms with Crippen LogP contribution >= 0.6 is 0 Å². The average molecular weight is 532 g/mol. The quantitative estimate of drug-likeness (QED) is 0.229. The Morgan fingerprint density at radius 1 is 0.897 bits per heavy atom. The number of ether oxygens (including phenoxy) is 4. The molecule has 8 heteroatoms. The van der Waals surface area contributed by atoms with Crippen LogP contribution in [0.5, 0.6) is 23.0 Å². The van der Waals surface area contributed by atoms with Gasteiger partial charge < -0.3 is 28.8 Å². The monoisotopic (exact) mass is 531 g/mol. The van der Waals surface area contributed by atoms with E-state index in [-0.39, 0.29) is 5.91 Å². The number of benzene rings is 3. The maximum atomic E-state index is 12.8. The number of hydrogen-bond acceptors (Lipinski definition) is 6. The van der Waals surface area contributed by atoms with Gasteiger partial charge in [0.05, 0.1) is 39.0 Å². The summed E-state index contributed by atoms with van der Waals surface area (Å²) in [6.07, 6.45) is 2.35. The highest BCUT2D eigenvalue weighted by atomic mass is 16.5. The second-order valence-electron chi connectivity index (χ2n) is 9.39. The Hall–Kier alpha value is -4.20. The number of amides is 1. The molecule has 0 radical (unpaired) electrons. The molecule has 39 heavy (non-hydrogen) atoms. The fourth-order valence-corrected chi connectivity index (χ4v) is 4.54. The lowest BCUT2D eigenvalue weighted by atomic mass is 10.1. The van der Waals surface area contributed by atoms with Crippen molar-refractivity contribution < 1.29 is 23.7 Å². The summed E-state index contributed by atoms with van der Waals surface area (Å²) in [7, 11) is 4.59. The SMILES string of the molecule is COc1cc(C(=O)NCCCc2nc3ccccc3n2CCCOc2ccc(C)c(C)c2)cc(OC)c1OC. The van der Waals surface area contributed by atoms with Gasteiger partial charge in [-0.1, -0.05) is 18.2 Å². The molecular weight excluding hydrogens is 494 g/mol. The third-order valence-electron chi connectivity index (χ3n) is 6.80. The fourth-order valence-electron chi connectivity index (χ4n) is 4.54. The van der Waals surface area contributed by atoms with Gasteiger partial charge in [0.2, 0.25) is 5.75 Å². The molecule has 0 saturated heterocycles. The van der Waals surface area contributed by atoms with Crippen molar-refractivity contribution in [2.75, 3.05) is 34.5 Å². The second kappa shape index (κ2) is 13.0. The first-order valence-corrected chi connectivity index (χ1v) is 13.2. The molecule has 1 N–H and O–H groups in total. The Balaban J connectivity index is 1.35. The molecular formula is C31H37N3O5. The second-order valence-corrected chi connectivity index (χ2v) is 9.39. The van der Waals surface area contributed by atoms with E-state index >= 15 is 0 Å². The van der Waals surface area contributed by atoms with Gasteiger partial charge in [0.15, 0.2) is 11.5 Å². The molecule has 0 atom stereocenters. The average Bonchev–Trinajstić information content (AvgIpc) is 3.31. The number of fused-ring (bicyclic) bond motifs is 1. The van der Waals surface area contributed by atoms with Gasteiger partial charge in [0.1, 0.15) is 11.6 Å². The van der Waals surface area contributed by atoms with Crippen molar-refractivity contribution in [2.45, 2.75) is 39.7 Å². The van der Waals surface area contributed by atoms with Crippen molar-refractivity contribution in [1.82, 2.24) is 14.9 Å². The van der Waals surface area contributed by atoms with Crippen molar-refractivity contribution in [2.24, 2.45) is 0 Å². The third-order valence-corrected chi connectivity index (χ3v) is 6.80. The van der Waals surface area contributed by atoms with Crippen LogP contribution in [0.1, 0.15) is 40.2 Å². The van der Waals surface area contributed by atoms with Gasteiger partial charge in [-0.3, -0.25) is 4.79 Å². The summed E-state index contributed by atoms with van der Waals surface area (Å²) in [5.74, 6) is 3.04. The van der Waals surface area contributed by atoms with Crippen LogP contribution in [0.25, 0.3) is 11.0 Å². The standard InChI is InChI=1S/C31H37N3O5/c1-21-13-14-24(18-22(21)2)39-17-9-16-34-26-11-7-6-10-25(26)33-29(34)12-8-15-32-31(35)23-19-27(36-3)30(38-5)28(20-23)37-4/h6-7,10-11,13-14,18-20H,8-9,12,15-17H2,1-5H3,(H,32,35). The zero-order chi connectivity index (χ0) is 27.8. The van der Waals surface area contributed by atoms with Gasteiger partial charge in [0, 0.05) is 25.1 Å². The summed E-state index contributed by atoms with van der Waals surface area (Å²) in [6.45, 7) is 6.13. The number of aromatic nitrogens is 2. The molecule has 0 aliphatic carbocycles. The van der Waals surface area contributed by atoms with E-state index in [2.05, 4.69) is 41.9 Å². The molecule has 0 unspecified atom stereocenters. The zero-order valence-electron chi connectivity index (χ0n) is 23.4. The van der Waals surface area contributed by atoms with Gasteiger partial charge in [0.25, 0.3) is 5.91 Å². The summed E-state index contributed by atoms with van der Waals surface area (Å²) in [6, 6.07) is 17.7. The topological polar surface area (TPSA) is 83.8 Å².